The maximum atomic E-state index is 12.7. The van der Waals surface area contributed by atoms with E-state index in [0.717, 1.165) is 11.2 Å². The minimum Gasteiger partial charge on any atom is -0.462 e. The molecule has 0 amide bonds. The Kier molecular flexibility index (Phi) is 4.99. The molecular weight excluding hydrogens is 370 g/mol. The zero-order valence-corrected chi connectivity index (χ0v) is 16.3. The zero-order valence-electron chi connectivity index (χ0n) is 16.3. The molecule has 4 aromatic rings. The van der Waals surface area contributed by atoms with Crippen LogP contribution in [0.2, 0.25) is 0 Å². The summed E-state index contributed by atoms with van der Waals surface area (Å²) >= 11 is 0. The van der Waals surface area contributed by atoms with Crippen molar-refractivity contribution in [1.29, 1.82) is 0 Å². The number of ether oxygens (including phenoxy) is 1. The van der Waals surface area contributed by atoms with Crippen LogP contribution in [0, 0.1) is 0 Å². The molecule has 0 unspecified atom stereocenters. The number of nitrogens with zero attached hydrogens (tertiary/aromatic N) is 4. The van der Waals surface area contributed by atoms with E-state index in [0.29, 0.717) is 42.2 Å². The Hall–Kier alpha value is -3.68. The standard InChI is InChI=1S/C21H21N5O3/c1-3-25-19(27)16-7-5-6-8-17(16)26-18(23-24-21(25)26)13-22-15-11-9-14(10-12-15)20(28)29-4-2/h5-12,22H,3-4,13H2,1-2H3. The van der Waals surface area contributed by atoms with E-state index in [1.54, 1.807) is 23.6 Å². The van der Waals surface area contributed by atoms with Gasteiger partial charge in [0.2, 0.25) is 5.78 Å². The van der Waals surface area contributed by atoms with Gasteiger partial charge in [-0.3, -0.25) is 13.8 Å². The highest BCUT2D eigenvalue weighted by atomic mass is 16.5. The number of benzene rings is 2. The molecule has 0 aliphatic carbocycles. The molecule has 0 saturated heterocycles. The third-order valence-electron chi connectivity index (χ3n) is 4.74. The Labute approximate surface area is 166 Å². The Morgan fingerprint density at radius 2 is 1.83 bits per heavy atom. The van der Waals surface area contributed by atoms with E-state index < -0.39 is 0 Å². The number of carbonyl (C=O) groups excluding carboxylic acids is 1. The third kappa shape index (κ3) is 3.33. The van der Waals surface area contributed by atoms with Crippen molar-refractivity contribution in [2.24, 2.45) is 0 Å². The van der Waals surface area contributed by atoms with Gasteiger partial charge in [0.05, 0.1) is 29.6 Å². The van der Waals surface area contributed by atoms with E-state index in [-0.39, 0.29) is 11.5 Å². The minimum absolute atomic E-state index is 0.0722. The molecule has 1 N–H and O–H groups in total. The highest BCUT2D eigenvalue weighted by molar-refractivity contribution is 5.89. The van der Waals surface area contributed by atoms with E-state index in [9.17, 15) is 9.59 Å². The van der Waals surface area contributed by atoms with Gasteiger partial charge >= 0.3 is 5.97 Å². The van der Waals surface area contributed by atoms with Gasteiger partial charge < -0.3 is 10.1 Å². The number of aryl methyl sites for hydroxylation is 1. The second-order valence-electron chi connectivity index (χ2n) is 6.47. The summed E-state index contributed by atoms with van der Waals surface area (Å²) in [7, 11) is 0. The molecule has 0 atom stereocenters. The predicted octanol–water partition coefficient (Wildman–Crippen LogP) is 2.85. The van der Waals surface area contributed by atoms with E-state index in [2.05, 4.69) is 15.5 Å². The van der Waals surface area contributed by atoms with Crippen molar-refractivity contribution in [2.75, 3.05) is 11.9 Å². The molecule has 0 fully saturated rings. The monoisotopic (exact) mass is 391 g/mol. The first-order chi connectivity index (χ1) is 14.1. The normalized spacial score (nSPS) is 11.1. The fourth-order valence-electron chi connectivity index (χ4n) is 3.33. The minimum atomic E-state index is -0.341. The van der Waals surface area contributed by atoms with Gasteiger partial charge in [-0.25, -0.2) is 4.79 Å². The fraction of sp³-hybridized carbons (Fsp3) is 0.238. The van der Waals surface area contributed by atoms with Crippen LogP contribution in [0.1, 0.15) is 30.0 Å². The predicted molar refractivity (Wildman–Crippen MR) is 110 cm³/mol. The molecule has 2 heterocycles. The average molecular weight is 391 g/mol. The number of rotatable bonds is 6. The van der Waals surface area contributed by atoms with Crippen LogP contribution < -0.4 is 10.9 Å². The van der Waals surface area contributed by atoms with Gasteiger partial charge in [0.1, 0.15) is 0 Å². The van der Waals surface area contributed by atoms with Crippen LogP contribution in [-0.2, 0) is 17.8 Å². The zero-order chi connectivity index (χ0) is 20.4. The summed E-state index contributed by atoms with van der Waals surface area (Å²) in [5.74, 6) is 0.866. The first kappa shape index (κ1) is 18.7. The SMILES string of the molecule is CCOC(=O)c1ccc(NCc2nnc3n(CC)c(=O)c4ccccc4n23)cc1. The van der Waals surface area contributed by atoms with Gasteiger partial charge in [-0.1, -0.05) is 12.1 Å². The van der Waals surface area contributed by atoms with Crippen molar-refractivity contribution < 1.29 is 9.53 Å². The first-order valence-electron chi connectivity index (χ1n) is 9.50. The van der Waals surface area contributed by atoms with Crippen molar-refractivity contribution in [3.63, 3.8) is 0 Å². The number of esters is 1. The number of fused-ring (bicyclic) bond motifs is 3. The smallest absolute Gasteiger partial charge is 0.338 e. The third-order valence-corrected chi connectivity index (χ3v) is 4.74. The van der Waals surface area contributed by atoms with Crippen LogP contribution in [0.3, 0.4) is 0 Å². The van der Waals surface area contributed by atoms with Gasteiger partial charge in [0, 0.05) is 12.2 Å². The number of hydrogen-bond acceptors (Lipinski definition) is 6. The largest absolute Gasteiger partial charge is 0.462 e. The number of anilines is 1. The number of aromatic nitrogens is 4. The van der Waals surface area contributed by atoms with E-state index in [1.807, 2.05) is 47.7 Å². The summed E-state index contributed by atoms with van der Waals surface area (Å²) in [6, 6.07) is 14.5. The average Bonchev–Trinajstić information content (AvgIpc) is 3.17. The van der Waals surface area contributed by atoms with Crippen molar-refractivity contribution in [2.45, 2.75) is 26.9 Å². The molecule has 0 spiro atoms. The molecule has 8 nitrogen and oxygen atoms in total. The van der Waals surface area contributed by atoms with Gasteiger partial charge in [-0.15, -0.1) is 10.2 Å². The van der Waals surface area contributed by atoms with Crippen LogP contribution >= 0.6 is 0 Å². The molecule has 2 aromatic carbocycles. The molecule has 0 aliphatic rings. The lowest BCUT2D eigenvalue weighted by Gasteiger charge is -2.10. The highest BCUT2D eigenvalue weighted by Crippen LogP contribution is 2.16. The summed E-state index contributed by atoms with van der Waals surface area (Å²) in [5.41, 5.74) is 2.04. The first-order valence-corrected chi connectivity index (χ1v) is 9.50. The van der Waals surface area contributed by atoms with E-state index in [4.69, 9.17) is 4.74 Å². The lowest BCUT2D eigenvalue weighted by molar-refractivity contribution is 0.0526. The van der Waals surface area contributed by atoms with Gasteiger partial charge in [-0.05, 0) is 50.2 Å². The maximum Gasteiger partial charge on any atom is 0.338 e. The Bertz CT molecular complexity index is 1240. The van der Waals surface area contributed by atoms with Crippen LogP contribution in [0.5, 0.6) is 0 Å². The fourth-order valence-corrected chi connectivity index (χ4v) is 3.33. The Morgan fingerprint density at radius 1 is 1.07 bits per heavy atom. The topological polar surface area (TPSA) is 90.5 Å². The number of hydrogen-bond donors (Lipinski definition) is 1. The molecule has 0 bridgehead atoms. The molecule has 2 aromatic heterocycles. The van der Waals surface area contributed by atoms with E-state index >= 15 is 0 Å². The van der Waals surface area contributed by atoms with Crippen molar-refractivity contribution in [3.8, 4) is 0 Å². The van der Waals surface area contributed by atoms with Gasteiger partial charge in [0.25, 0.3) is 5.56 Å². The Balaban J connectivity index is 1.66. The van der Waals surface area contributed by atoms with Gasteiger partial charge in [-0.2, -0.15) is 0 Å². The maximum absolute atomic E-state index is 12.7. The summed E-state index contributed by atoms with van der Waals surface area (Å²) in [5, 5.41) is 12.5. The molecule has 8 heteroatoms. The summed E-state index contributed by atoms with van der Waals surface area (Å²) in [6.07, 6.45) is 0. The summed E-state index contributed by atoms with van der Waals surface area (Å²) in [6.45, 7) is 4.95. The quantitative estimate of drug-likeness (QED) is 0.508. The number of para-hydroxylation sites is 1. The highest BCUT2D eigenvalue weighted by Gasteiger charge is 2.15. The number of carbonyl (C=O) groups is 1. The van der Waals surface area contributed by atoms with Crippen molar-refractivity contribution in [1.82, 2.24) is 19.2 Å². The molecular formula is C21H21N5O3. The van der Waals surface area contributed by atoms with Crippen LogP contribution in [0.15, 0.2) is 53.3 Å². The second-order valence-corrected chi connectivity index (χ2v) is 6.47. The summed E-state index contributed by atoms with van der Waals surface area (Å²) in [4.78, 5) is 24.5. The molecule has 4 rings (SSSR count). The molecule has 0 radical (unpaired) electrons. The van der Waals surface area contributed by atoms with E-state index in [1.165, 1.54) is 0 Å². The van der Waals surface area contributed by atoms with Crippen LogP contribution in [-0.4, -0.2) is 31.7 Å². The lowest BCUT2D eigenvalue weighted by atomic mass is 10.2. The van der Waals surface area contributed by atoms with Crippen LogP contribution in [0.4, 0.5) is 5.69 Å². The lowest BCUT2D eigenvalue weighted by Crippen LogP contribution is -2.22. The molecule has 148 valence electrons. The van der Waals surface area contributed by atoms with Crippen molar-refractivity contribution in [3.05, 3.63) is 70.3 Å². The molecule has 0 aliphatic heterocycles. The number of nitrogens with one attached hydrogen (secondary N) is 1. The van der Waals surface area contributed by atoms with Crippen molar-refractivity contribution >= 4 is 28.3 Å². The second kappa shape index (κ2) is 7.75. The molecule has 0 saturated carbocycles. The Morgan fingerprint density at radius 3 is 2.55 bits per heavy atom. The molecule has 29 heavy (non-hydrogen) atoms. The van der Waals surface area contributed by atoms with Crippen LogP contribution in [0.25, 0.3) is 16.7 Å². The summed E-state index contributed by atoms with van der Waals surface area (Å²) < 4.78 is 8.52. The van der Waals surface area contributed by atoms with Gasteiger partial charge in [0.15, 0.2) is 5.82 Å².